The number of rotatable bonds is 2. The molecule has 0 saturated heterocycles. The first-order valence-corrected chi connectivity index (χ1v) is 13.5. The summed E-state index contributed by atoms with van der Waals surface area (Å²) in [5.74, 6) is 1.59. The molecule has 0 saturated carbocycles. The van der Waals surface area contributed by atoms with Crippen LogP contribution in [0.15, 0.2) is 131 Å². The number of aliphatic imine (C=N–C) groups is 2. The molecule has 4 nitrogen and oxygen atoms in total. The minimum atomic E-state index is -0.343. The molecule has 1 N–H and O–H groups in total. The van der Waals surface area contributed by atoms with Gasteiger partial charge in [0, 0.05) is 36.5 Å². The minimum Gasteiger partial charge on any atom is -0.310 e. The lowest BCUT2D eigenvalue weighted by Crippen LogP contribution is -2.39. The molecule has 1 aliphatic heterocycles. The molecule has 0 bridgehead atoms. The first-order valence-electron chi connectivity index (χ1n) is 12.7. The van der Waals surface area contributed by atoms with Crippen molar-refractivity contribution in [2.24, 2.45) is 9.98 Å². The quantitative estimate of drug-likeness (QED) is 0.253. The van der Waals surface area contributed by atoms with Gasteiger partial charge in [-0.1, -0.05) is 97.1 Å². The number of amidine groups is 1. The topological polar surface area (TPSA) is 41.7 Å². The summed E-state index contributed by atoms with van der Waals surface area (Å²) in [6.45, 7) is 0. The zero-order chi connectivity index (χ0) is 25.1. The molecule has 8 rings (SSSR count). The maximum atomic E-state index is 5.18. The normalized spacial score (nSPS) is 15.6. The van der Waals surface area contributed by atoms with Crippen LogP contribution in [-0.2, 0) is 0 Å². The van der Waals surface area contributed by atoms with Crippen LogP contribution in [0, 0.1) is 0 Å². The second-order valence-corrected chi connectivity index (χ2v) is 10.6. The maximum absolute atomic E-state index is 5.18. The summed E-state index contributed by atoms with van der Waals surface area (Å²) < 4.78 is 4.88. The molecule has 0 aliphatic carbocycles. The highest BCUT2D eigenvalue weighted by Gasteiger charge is 2.24. The van der Waals surface area contributed by atoms with Gasteiger partial charge in [0.1, 0.15) is 5.84 Å². The van der Waals surface area contributed by atoms with Gasteiger partial charge in [0.2, 0.25) is 5.96 Å². The summed E-state index contributed by atoms with van der Waals surface area (Å²) in [6, 6.07) is 42.5. The number of para-hydroxylation sites is 1. The zero-order valence-corrected chi connectivity index (χ0v) is 21.2. The predicted octanol–water partition coefficient (Wildman–Crippen LogP) is 8.12. The van der Waals surface area contributed by atoms with Gasteiger partial charge >= 0.3 is 0 Å². The first-order chi connectivity index (χ1) is 18.8. The minimum absolute atomic E-state index is 0.343. The standard InChI is InChI=1S/C33H22N4S/c1-3-11-21(12-4-1)31-34-32(22-13-5-2-6-14-22)36-33(35-31)37-27-17-9-7-15-23(27)25-20-30-26(19-28(25)37)24-16-8-10-18-29(24)38-30/h1-20,31H,(H,34,35,36). The van der Waals surface area contributed by atoms with Crippen molar-refractivity contribution in [1.29, 1.82) is 0 Å². The lowest BCUT2D eigenvalue weighted by Gasteiger charge is -2.23. The number of fused-ring (bicyclic) bond motifs is 6. The number of thiophene rings is 1. The van der Waals surface area contributed by atoms with Crippen molar-refractivity contribution in [3.05, 3.63) is 132 Å². The summed E-state index contributed by atoms with van der Waals surface area (Å²) in [5.41, 5.74) is 4.35. The molecule has 1 unspecified atom stereocenters. The molecule has 3 heterocycles. The molecule has 5 heteroatoms. The summed E-state index contributed by atoms with van der Waals surface area (Å²) in [4.78, 5) is 10.2. The number of aromatic nitrogens is 1. The summed E-state index contributed by atoms with van der Waals surface area (Å²) in [5, 5.41) is 8.60. The Morgan fingerprint density at radius 1 is 0.579 bits per heavy atom. The Hall–Kier alpha value is -4.74. The molecule has 0 fully saturated rings. The third kappa shape index (κ3) is 3.29. The highest BCUT2D eigenvalue weighted by atomic mass is 32.1. The van der Waals surface area contributed by atoms with Crippen molar-refractivity contribution in [1.82, 2.24) is 9.88 Å². The zero-order valence-electron chi connectivity index (χ0n) is 20.4. The van der Waals surface area contributed by atoms with Crippen LogP contribution in [0.25, 0.3) is 42.0 Å². The van der Waals surface area contributed by atoms with Gasteiger partial charge in [-0.25, -0.2) is 9.98 Å². The molecule has 0 spiro atoms. The van der Waals surface area contributed by atoms with Gasteiger partial charge < -0.3 is 5.32 Å². The van der Waals surface area contributed by atoms with E-state index in [0.29, 0.717) is 0 Å². The number of hydrogen-bond acceptors (Lipinski definition) is 4. The molecule has 1 aliphatic rings. The average Bonchev–Trinajstić information content (AvgIpc) is 3.51. The summed E-state index contributed by atoms with van der Waals surface area (Å²) in [6.07, 6.45) is -0.343. The Bertz CT molecular complexity index is 2050. The van der Waals surface area contributed by atoms with Crippen LogP contribution >= 0.6 is 11.3 Å². The second kappa shape index (κ2) is 8.40. The number of nitrogens with one attached hydrogen (secondary N) is 1. The summed E-state index contributed by atoms with van der Waals surface area (Å²) in [7, 11) is 0. The van der Waals surface area contributed by atoms with Gasteiger partial charge in [-0.2, -0.15) is 0 Å². The van der Waals surface area contributed by atoms with E-state index in [9.17, 15) is 0 Å². The van der Waals surface area contributed by atoms with Gasteiger partial charge in [0.25, 0.3) is 0 Å². The molecular weight excluding hydrogens is 484 g/mol. The van der Waals surface area contributed by atoms with Crippen molar-refractivity contribution >= 4 is 65.1 Å². The van der Waals surface area contributed by atoms with Crippen LogP contribution in [0.1, 0.15) is 17.3 Å². The van der Waals surface area contributed by atoms with Crippen molar-refractivity contribution in [2.45, 2.75) is 6.17 Å². The number of benzene rings is 5. The van der Waals surface area contributed by atoms with E-state index < -0.39 is 0 Å². The Morgan fingerprint density at radius 3 is 2.13 bits per heavy atom. The SMILES string of the molecule is c1ccc(C2=NC(c3ccccc3)N=C(n3c4ccccc4c4cc5sc6ccccc6c5cc43)N2)cc1. The van der Waals surface area contributed by atoms with E-state index in [0.717, 1.165) is 34.0 Å². The van der Waals surface area contributed by atoms with E-state index in [4.69, 9.17) is 9.98 Å². The van der Waals surface area contributed by atoms with Gasteiger partial charge in [-0.3, -0.25) is 4.57 Å². The van der Waals surface area contributed by atoms with Crippen molar-refractivity contribution in [3.8, 4) is 0 Å². The second-order valence-electron chi connectivity index (χ2n) is 9.52. The van der Waals surface area contributed by atoms with Crippen LogP contribution in [0.5, 0.6) is 0 Å². The highest BCUT2D eigenvalue weighted by Crippen LogP contribution is 2.39. The fraction of sp³-hybridized carbons (Fsp3) is 0.0303. The van der Waals surface area contributed by atoms with Crippen LogP contribution in [0.2, 0.25) is 0 Å². The van der Waals surface area contributed by atoms with Gasteiger partial charge in [-0.15, -0.1) is 11.3 Å². The maximum Gasteiger partial charge on any atom is 0.211 e. The van der Waals surface area contributed by atoms with Gasteiger partial charge in [-0.05, 0) is 29.8 Å². The predicted molar refractivity (Wildman–Crippen MR) is 160 cm³/mol. The van der Waals surface area contributed by atoms with E-state index in [1.165, 1.54) is 30.9 Å². The van der Waals surface area contributed by atoms with E-state index in [2.05, 4.69) is 94.8 Å². The van der Waals surface area contributed by atoms with E-state index in [1.807, 2.05) is 47.7 Å². The lowest BCUT2D eigenvalue weighted by molar-refractivity contribution is 0.745. The molecule has 7 aromatic rings. The summed E-state index contributed by atoms with van der Waals surface area (Å²) >= 11 is 1.85. The Morgan fingerprint density at radius 2 is 1.29 bits per heavy atom. The number of hydrogen-bond donors (Lipinski definition) is 1. The van der Waals surface area contributed by atoms with Crippen molar-refractivity contribution in [2.75, 3.05) is 0 Å². The fourth-order valence-corrected chi connectivity index (χ4v) is 6.61. The molecular formula is C33H22N4S. The van der Waals surface area contributed by atoms with E-state index in [-0.39, 0.29) is 6.17 Å². The largest absolute Gasteiger partial charge is 0.310 e. The molecule has 0 amide bonds. The molecule has 5 aromatic carbocycles. The smallest absolute Gasteiger partial charge is 0.211 e. The lowest BCUT2D eigenvalue weighted by atomic mass is 10.1. The monoisotopic (exact) mass is 506 g/mol. The third-order valence-corrected chi connectivity index (χ3v) is 8.39. The third-order valence-electron chi connectivity index (χ3n) is 7.25. The Kier molecular flexibility index (Phi) is 4.72. The molecule has 1 atom stereocenters. The molecule has 38 heavy (non-hydrogen) atoms. The molecule has 2 aromatic heterocycles. The molecule has 0 radical (unpaired) electrons. The van der Waals surface area contributed by atoms with Crippen molar-refractivity contribution in [3.63, 3.8) is 0 Å². The van der Waals surface area contributed by atoms with Gasteiger partial charge in [0.15, 0.2) is 6.17 Å². The average molecular weight is 507 g/mol. The van der Waals surface area contributed by atoms with Gasteiger partial charge in [0.05, 0.1) is 11.0 Å². The van der Waals surface area contributed by atoms with Crippen LogP contribution < -0.4 is 5.32 Å². The fourth-order valence-electron chi connectivity index (χ4n) is 5.48. The first kappa shape index (κ1) is 21.4. The van der Waals surface area contributed by atoms with Crippen LogP contribution in [0.4, 0.5) is 0 Å². The van der Waals surface area contributed by atoms with E-state index in [1.54, 1.807) is 0 Å². The van der Waals surface area contributed by atoms with Crippen molar-refractivity contribution < 1.29 is 0 Å². The Balaban J connectivity index is 1.41. The Labute approximate surface area is 223 Å². The highest BCUT2D eigenvalue weighted by molar-refractivity contribution is 7.25. The van der Waals surface area contributed by atoms with E-state index >= 15 is 0 Å². The van der Waals surface area contributed by atoms with Crippen LogP contribution in [0.3, 0.4) is 0 Å². The van der Waals surface area contributed by atoms with Crippen LogP contribution in [-0.4, -0.2) is 16.4 Å². The number of nitrogens with zero attached hydrogens (tertiary/aromatic N) is 3. The molecule has 180 valence electrons.